The molecule has 3 N–H and O–H groups in total. The SMILES string of the molecule is CC1CN(CC(F)(F)F)CCN1CC(F)(F)F.O=P(O)(O)O. The molecule has 6 nitrogen and oxygen atoms in total. The van der Waals surface area contributed by atoms with E-state index in [1.165, 1.54) is 6.92 Å². The first-order chi connectivity index (χ1) is 9.57. The second-order valence-electron chi connectivity index (χ2n) is 4.80. The minimum Gasteiger partial charge on any atom is -0.303 e. The van der Waals surface area contributed by atoms with Crippen molar-refractivity contribution in [1.82, 2.24) is 9.80 Å². The summed E-state index contributed by atoms with van der Waals surface area (Å²) in [6.07, 6.45) is -8.60. The Hall–Kier alpha value is -0.390. The van der Waals surface area contributed by atoms with Crippen molar-refractivity contribution in [2.24, 2.45) is 0 Å². The van der Waals surface area contributed by atoms with Gasteiger partial charge in [0.15, 0.2) is 0 Å². The van der Waals surface area contributed by atoms with Gasteiger partial charge in [0.25, 0.3) is 0 Å². The maximum absolute atomic E-state index is 12.1. The number of alkyl halides is 6. The lowest BCUT2D eigenvalue weighted by molar-refractivity contribution is -0.168. The van der Waals surface area contributed by atoms with Gasteiger partial charge in [-0.1, -0.05) is 0 Å². The lowest BCUT2D eigenvalue weighted by Gasteiger charge is -2.40. The summed E-state index contributed by atoms with van der Waals surface area (Å²) in [6, 6.07) is -0.521. The minimum atomic E-state index is -4.64. The summed E-state index contributed by atoms with van der Waals surface area (Å²) in [5.74, 6) is 0. The van der Waals surface area contributed by atoms with Crippen LogP contribution in [-0.4, -0.2) is 75.6 Å². The molecule has 0 radical (unpaired) electrons. The second kappa shape index (κ2) is 7.93. The fourth-order valence-corrected chi connectivity index (χ4v) is 1.93. The number of rotatable bonds is 2. The molecule has 0 saturated carbocycles. The third-order valence-electron chi connectivity index (χ3n) is 2.63. The molecule has 0 aliphatic carbocycles. The normalized spacial score (nSPS) is 22.2. The Morgan fingerprint density at radius 3 is 1.73 bits per heavy atom. The predicted octanol–water partition coefficient (Wildman–Crippen LogP) is 1.19. The molecule has 1 atom stereocenters. The molecule has 1 aliphatic heterocycles. The molecule has 13 heteroatoms. The van der Waals surface area contributed by atoms with Crippen LogP contribution in [-0.2, 0) is 4.57 Å². The quantitative estimate of drug-likeness (QED) is 0.506. The molecular formula is C9H17F6N2O4P. The summed E-state index contributed by atoms with van der Waals surface area (Å²) in [5.41, 5.74) is 0. The summed E-state index contributed by atoms with van der Waals surface area (Å²) in [5, 5.41) is 0. The van der Waals surface area contributed by atoms with E-state index in [4.69, 9.17) is 19.2 Å². The van der Waals surface area contributed by atoms with Crippen molar-refractivity contribution in [2.75, 3.05) is 32.7 Å². The average molecular weight is 362 g/mol. The maximum Gasteiger partial charge on any atom is 0.466 e. The molecular weight excluding hydrogens is 345 g/mol. The van der Waals surface area contributed by atoms with Gasteiger partial charge < -0.3 is 14.7 Å². The first kappa shape index (κ1) is 21.6. The summed E-state index contributed by atoms with van der Waals surface area (Å²) in [4.78, 5) is 23.9. The third-order valence-corrected chi connectivity index (χ3v) is 2.63. The van der Waals surface area contributed by atoms with Crippen LogP contribution in [0.4, 0.5) is 26.3 Å². The van der Waals surface area contributed by atoms with E-state index in [-0.39, 0.29) is 19.6 Å². The molecule has 0 aromatic carbocycles. The molecule has 1 fully saturated rings. The summed E-state index contributed by atoms with van der Waals surface area (Å²) < 4.78 is 81.6. The van der Waals surface area contributed by atoms with Crippen molar-refractivity contribution < 1.29 is 45.6 Å². The van der Waals surface area contributed by atoms with Crippen molar-refractivity contribution in [1.29, 1.82) is 0 Å². The monoisotopic (exact) mass is 362 g/mol. The van der Waals surface area contributed by atoms with Crippen LogP contribution >= 0.6 is 7.82 Å². The Labute approximate surface area is 122 Å². The first-order valence-electron chi connectivity index (χ1n) is 5.95. The maximum atomic E-state index is 12.1. The highest BCUT2D eigenvalue weighted by Crippen LogP contribution is 2.26. The van der Waals surface area contributed by atoms with E-state index in [0.29, 0.717) is 0 Å². The van der Waals surface area contributed by atoms with Gasteiger partial charge in [0.05, 0.1) is 13.1 Å². The van der Waals surface area contributed by atoms with Gasteiger partial charge in [0.1, 0.15) is 0 Å². The van der Waals surface area contributed by atoms with Gasteiger partial charge in [0.2, 0.25) is 0 Å². The van der Waals surface area contributed by atoms with Gasteiger partial charge in [-0.05, 0) is 6.92 Å². The molecule has 0 aromatic rings. The van der Waals surface area contributed by atoms with Gasteiger partial charge in [0, 0.05) is 25.7 Å². The van der Waals surface area contributed by atoms with Gasteiger partial charge >= 0.3 is 20.2 Å². The summed E-state index contributed by atoms with van der Waals surface area (Å²) in [7, 11) is -4.64. The summed E-state index contributed by atoms with van der Waals surface area (Å²) >= 11 is 0. The largest absolute Gasteiger partial charge is 0.466 e. The van der Waals surface area contributed by atoms with Crippen LogP contribution < -0.4 is 0 Å². The van der Waals surface area contributed by atoms with E-state index in [1.807, 2.05) is 0 Å². The van der Waals surface area contributed by atoms with Crippen molar-refractivity contribution in [3.63, 3.8) is 0 Å². The molecule has 134 valence electrons. The molecule has 0 spiro atoms. The molecule has 1 aliphatic rings. The number of hydrogen-bond donors (Lipinski definition) is 3. The van der Waals surface area contributed by atoms with E-state index in [1.54, 1.807) is 0 Å². The zero-order valence-electron chi connectivity index (χ0n) is 11.5. The molecule has 0 bridgehead atoms. The lowest BCUT2D eigenvalue weighted by Crippen LogP contribution is -2.55. The van der Waals surface area contributed by atoms with Crippen LogP contribution in [0, 0.1) is 0 Å². The number of hydrogen-bond acceptors (Lipinski definition) is 3. The van der Waals surface area contributed by atoms with Crippen LogP contribution in [0.2, 0.25) is 0 Å². The highest BCUT2D eigenvalue weighted by molar-refractivity contribution is 7.45. The predicted molar refractivity (Wildman–Crippen MR) is 63.8 cm³/mol. The summed E-state index contributed by atoms with van der Waals surface area (Å²) in [6.45, 7) is -0.578. The van der Waals surface area contributed by atoms with Gasteiger partial charge in [-0.3, -0.25) is 9.80 Å². The number of nitrogens with zero attached hydrogens (tertiary/aromatic N) is 2. The Morgan fingerprint density at radius 1 is 1.00 bits per heavy atom. The Morgan fingerprint density at radius 2 is 1.41 bits per heavy atom. The Balaban J connectivity index is 0.000000763. The van der Waals surface area contributed by atoms with Crippen LogP contribution in [0.1, 0.15) is 6.92 Å². The smallest absolute Gasteiger partial charge is 0.303 e. The lowest BCUT2D eigenvalue weighted by atomic mass is 10.2. The highest BCUT2D eigenvalue weighted by atomic mass is 31.2. The molecule has 1 saturated heterocycles. The van der Waals surface area contributed by atoms with Crippen LogP contribution in [0.3, 0.4) is 0 Å². The Kier molecular flexibility index (Phi) is 7.79. The highest BCUT2D eigenvalue weighted by Gasteiger charge is 2.37. The van der Waals surface area contributed by atoms with Crippen LogP contribution in [0.5, 0.6) is 0 Å². The zero-order chi connectivity index (χ0) is 17.8. The van der Waals surface area contributed by atoms with Gasteiger partial charge in [-0.2, -0.15) is 26.3 Å². The molecule has 22 heavy (non-hydrogen) atoms. The fraction of sp³-hybridized carbons (Fsp3) is 1.00. The molecule has 0 aromatic heterocycles. The van der Waals surface area contributed by atoms with E-state index in [0.717, 1.165) is 9.80 Å². The number of halogens is 6. The molecule has 1 rings (SSSR count). The topological polar surface area (TPSA) is 84.2 Å². The van der Waals surface area contributed by atoms with E-state index < -0.39 is 39.3 Å². The minimum absolute atomic E-state index is 0.00951. The zero-order valence-corrected chi connectivity index (χ0v) is 12.4. The second-order valence-corrected chi connectivity index (χ2v) is 5.82. The fourth-order valence-electron chi connectivity index (χ4n) is 1.93. The number of phosphoric acid groups is 1. The third kappa shape index (κ3) is 13.3. The molecule has 1 heterocycles. The average Bonchev–Trinajstić information content (AvgIpc) is 2.15. The van der Waals surface area contributed by atoms with E-state index >= 15 is 0 Å². The van der Waals surface area contributed by atoms with E-state index in [2.05, 4.69) is 0 Å². The van der Waals surface area contributed by atoms with Crippen molar-refractivity contribution in [2.45, 2.75) is 25.3 Å². The van der Waals surface area contributed by atoms with Crippen molar-refractivity contribution in [3.05, 3.63) is 0 Å². The van der Waals surface area contributed by atoms with Crippen LogP contribution in [0.25, 0.3) is 0 Å². The van der Waals surface area contributed by atoms with Crippen molar-refractivity contribution >= 4 is 7.82 Å². The Bertz CT molecular complexity index is 377. The van der Waals surface area contributed by atoms with Gasteiger partial charge in [-0.25, -0.2) is 4.57 Å². The molecule has 0 amide bonds. The van der Waals surface area contributed by atoms with Gasteiger partial charge in [-0.15, -0.1) is 0 Å². The van der Waals surface area contributed by atoms with Crippen molar-refractivity contribution in [3.8, 4) is 0 Å². The first-order valence-corrected chi connectivity index (χ1v) is 7.51. The van der Waals surface area contributed by atoms with E-state index in [9.17, 15) is 26.3 Å². The number of piperazine rings is 1. The van der Waals surface area contributed by atoms with Crippen LogP contribution in [0.15, 0.2) is 0 Å². The molecule has 1 unspecified atom stereocenters. The standard InChI is InChI=1S/C9H14F6N2.H3O4P/c1-7-4-16(5-8(10,11)12)2-3-17(7)6-9(13,14)15;1-5(2,3)4/h7H,2-6H2,1H3;(H3,1,2,3,4).